The molecule has 2 atom stereocenters. The van der Waals surface area contributed by atoms with Gasteiger partial charge in [-0.15, -0.1) is 0 Å². The fraction of sp³-hybridized carbons (Fsp3) is 0.458. The van der Waals surface area contributed by atoms with E-state index >= 15 is 4.39 Å². The van der Waals surface area contributed by atoms with Crippen molar-refractivity contribution in [3.05, 3.63) is 71.0 Å². The van der Waals surface area contributed by atoms with Gasteiger partial charge < -0.3 is 20.2 Å². The van der Waals surface area contributed by atoms with Crippen LogP contribution in [0.4, 0.5) is 13.6 Å². The second-order valence-corrected chi connectivity index (χ2v) is 9.03. The van der Waals surface area contributed by atoms with E-state index in [4.69, 9.17) is 0 Å². The lowest BCUT2D eigenvalue weighted by atomic mass is 9.72. The Balaban J connectivity index is 1.39. The molecule has 6 rings (SSSR count). The average Bonchev–Trinajstić information content (AvgIpc) is 2.78. The lowest BCUT2D eigenvalue weighted by Gasteiger charge is -2.54. The highest BCUT2D eigenvalue weighted by molar-refractivity contribution is 5.76. The standard InChI is InChI=1S/C24H27F2N3O2/c25-19-7-5-18(6-8-19)21-20-4-2-1-3-17(20)9-12-29(21)22(30)27-15-24(31)16-28-13-10-23(24,26)11-14-28/h1-8,21,31H,9-16H2,(H,27,30)/t21-,24?/m0/s1. The molecule has 0 radical (unpaired) electrons. The van der Waals surface area contributed by atoms with Crippen LogP contribution >= 0.6 is 0 Å². The van der Waals surface area contributed by atoms with Gasteiger partial charge in [-0.2, -0.15) is 0 Å². The van der Waals surface area contributed by atoms with Crippen molar-refractivity contribution in [3.8, 4) is 0 Å². The average molecular weight is 427 g/mol. The molecule has 0 aliphatic carbocycles. The number of benzene rings is 2. The van der Waals surface area contributed by atoms with Gasteiger partial charge >= 0.3 is 6.03 Å². The van der Waals surface area contributed by atoms with Crippen molar-refractivity contribution in [2.75, 3.05) is 32.7 Å². The van der Waals surface area contributed by atoms with Crippen LogP contribution in [-0.2, 0) is 6.42 Å². The molecule has 2 amide bonds. The van der Waals surface area contributed by atoms with E-state index in [1.165, 1.54) is 12.1 Å². The van der Waals surface area contributed by atoms with Crippen molar-refractivity contribution in [1.82, 2.24) is 15.1 Å². The van der Waals surface area contributed by atoms with Gasteiger partial charge in [-0.1, -0.05) is 36.4 Å². The number of rotatable bonds is 3. The number of halogens is 2. The highest BCUT2D eigenvalue weighted by Gasteiger charge is 2.57. The maximum Gasteiger partial charge on any atom is 0.318 e. The number of nitrogens with one attached hydrogen (secondary N) is 1. The molecule has 3 saturated heterocycles. The third-order valence-electron chi connectivity index (χ3n) is 7.23. The van der Waals surface area contributed by atoms with Crippen molar-refractivity contribution in [2.24, 2.45) is 0 Å². The van der Waals surface area contributed by atoms with Gasteiger partial charge in [-0.3, -0.25) is 0 Å². The molecule has 2 aromatic carbocycles. The zero-order valence-electron chi connectivity index (χ0n) is 17.4. The number of amides is 2. The summed E-state index contributed by atoms with van der Waals surface area (Å²) in [6, 6.07) is 13.4. The van der Waals surface area contributed by atoms with E-state index < -0.39 is 11.3 Å². The second kappa shape index (κ2) is 7.57. The first-order chi connectivity index (χ1) is 14.9. The summed E-state index contributed by atoms with van der Waals surface area (Å²) in [5.41, 5.74) is -0.288. The van der Waals surface area contributed by atoms with E-state index in [9.17, 15) is 14.3 Å². The third-order valence-corrected chi connectivity index (χ3v) is 7.23. The molecule has 4 aliphatic rings. The fourth-order valence-electron chi connectivity index (χ4n) is 5.37. The number of nitrogens with zero attached hydrogens (tertiary/aromatic N) is 2. The molecule has 4 aliphatic heterocycles. The molecule has 0 spiro atoms. The Labute approximate surface area is 180 Å². The second-order valence-electron chi connectivity index (χ2n) is 9.03. The summed E-state index contributed by atoms with van der Waals surface area (Å²) in [7, 11) is 0. The van der Waals surface area contributed by atoms with E-state index in [0.29, 0.717) is 26.1 Å². The molecular weight excluding hydrogens is 400 g/mol. The molecule has 164 valence electrons. The van der Waals surface area contributed by atoms with Gasteiger partial charge in [0.2, 0.25) is 0 Å². The van der Waals surface area contributed by atoms with Gasteiger partial charge in [-0.05, 0) is 48.1 Å². The third kappa shape index (κ3) is 3.49. The SMILES string of the molecule is O=C(NCC1(O)CN2CCC1(F)CC2)N1CCc2ccccc2[C@@H]1c1ccc(F)cc1. The molecule has 0 saturated carbocycles. The first-order valence-electron chi connectivity index (χ1n) is 10.9. The molecule has 1 unspecified atom stereocenters. The topological polar surface area (TPSA) is 55.8 Å². The Morgan fingerprint density at radius 3 is 2.52 bits per heavy atom. The highest BCUT2D eigenvalue weighted by atomic mass is 19.1. The number of carbonyl (C=O) groups is 1. The summed E-state index contributed by atoms with van der Waals surface area (Å²) in [6.45, 7) is 1.86. The minimum absolute atomic E-state index is 0.132. The smallest absolute Gasteiger partial charge is 0.318 e. The number of urea groups is 1. The van der Waals surface area contributed by atoms with Crippen molar-refractivity contribution >= 4 is 6.03 Å². The van der Waals surface area contributed by atoms with Crippen LogP contribution in [0.25, 0.3) is 0 Å². The molecule has 4 heterocycles. The lowest BCUT2D eigenvalue weighted by molar-refractivity contribution is -0.180. The summed E-state index contributed by atoms with van der Waals surface area (Å²) >= 11 is 0. The quantitative estimate of drug-likeness (QED) is 0.792. The normalized spacial score (nSPS) is 31.9. The first kappa shape index (κ1) is 20.4. The van der Waals surface area contributed by atoms with E-state index in [1.54, 1.807) is 17.0 Å². The predicted molar refractivity (Wildman–Crippen MR) is 113 cm³/mol. The summed E-state index contributed by atoms with van der Waals surface area (Å²) in [5.74, 6) is -0.332. The summed E-state index contributed by atoms with van der Waals surface area (Å²) in [5, 5.41) is 13.9. The van der Waals surface area contributed by atoms with E-state index in [2.05, 4.69) is 5.32 Å². The number of hydrogen-bond donors (Lipinski definition) is 2. The van der Waals surface area contributed by atoms with Crippen LogP contribution < -0.4 is 5.32 Å². The predicted octanol–water partition coefficient (Wildman–Crippen LogP) is 3.03. The number of aliphatic hydroxyl groups is 1. The zero-order valence-corrected chi connectivity index (χ0v) is 17.4. The van der Waals surface area contributed by atoms with E-state index in [-0.39, 0.29) is 43.8 Å². The molecular formula is C24H27F2N3O2. The van der Waals surface area contributed by atoms with Gasteiger partial charge in [0, 0.05) is 26.2 Å². The lowest BCUT2D eigenvalue weighted by Crippen LogP contribution is -2.71. The number of alkyl halides is 1. The Bertz CT molecular complexity index is 975. The van der Waals surface area contributed by atoms with Gasteiger partial charge in [0.05, 0.1) is 12.6 Å². The Morgan fingerprint density at radius 1 is 1.10 bits per heavy atom. The molecule has 2 bridgehead atoms. The summed E-state index contributed by atoms with van der Waals surface area (Å²) < 4.78 is 28.9. The maximum atomic E-state index is 15.4. The number of piperidine rings is 3. The van der Waals surface area contributed by atoms with Crippen LogP contribution in [0.5, 0.6) is 0 Å². The molecule has 0 aromatic heterocycles. The van der Waals surface area contributed by atoms with Gasteiger partial charge in [-0.25, -0.2) is 13.6 Å². The number of hydrogen-bond acceptors (Lipinski definition) is 3. The van der Waals surface area contributed by atoms with E-state index in [1.807, 2.05) is 29.2 Å². The van der Waals surface area contributed by atoms with E-state index in [0.717, 1.165) is 16.7 Å². The van der Waals surface area contributed by atoms with Crippen LogP contribution in [0.3, 0.4) is 0 Å². The van der Waals surface area contributed by atoms with Gasteiger partial charge in [0.15, 0.2) is 0 Å². The molecule has 7 heteroatoms. The Hall–Kier alpha value is -2.51. The molecule has 5 nitrogen and oxygen atoms in total. The van der Waals surface area contributed by atoms with Crippen LogP contribution in [0.15, 0.2) is 48.5 Å². The first-order valence-corrected chi connectivity index (χ1v) is 10.9. The van der Waals surface area contributed by atoms with Crippen molar-refractivity contribution < 1.29 is 18.7 Å². The largest absolute Gasteiger partial charge is 0.383 e. The highest BCUT2D eigenvalue weighted by Crippen LogP contribution is 2.42. The van der Waals surface area contributed by atoms with Crippen LogP contribution in [0, 0.1) is 5.82 Å². The van der Waals surface area contributed by atoms with Gasteiger partial charge in [0.25, 0.3) is 0 Å². The van der Waals surface area contributed by atoms with Crippen LogP contribution in [-0.4, -0.2) is 64.9 Å². The minimum Gasteiger partial charge on any atom is -0.383 e. The number of fused-ring (bicyclic) bond motifs is 4. The number of carbonyl (C=O) groups excluding carboxylic acids is 1. The van der Waals surface area contributed by atoms with Crippen LogP contribution in [0.1, 0.15) is 35.6 Å². The summed E-state index contributed by atoms with van der Waals surface area (Å²) in [4.78, 5) is 17.0. The summed E-state index contributed by atoms with van der Waals surface area (Å²) in [6.07, 6.45) is 1.27. The zero-order chi connectivity index (χ0) is 21.6. The molecule has 2 N–H and O–H groups in total. The van der Waals surface area contributed by atoms with Crippen molar-refractivity contribution in [3.63, 3.8) is 0 Å². The monoisotopic (exact) mass is 427 g/mol. The molecule has 3 fully saturated rings. The van der Waals surface area contributed by atoms with Crippen molar-refractivity contribution in [2.45, 2.75) is 36.6 Å². The minimum atomic E-state index is -1.67. The Morgan fingerprint density at radius 2 is 1.81 bits per heavy atom. The fourth-order valence-corrected chi connectivity index (χ4v) is 5.37. The molecule has 31 heavy (non-hydrogen) atoms. The molecule has 2 aromatic rings. The Kier molecular flexibility index (Phi) is 4.98. The maximum absolute atomic E-state index is 15.4. The van der Waals surface area contributed by atoms with Crippen molar-refractivity contribution in [1.29, 1.82) is 0 Å². The van der Waals surface area contributed by atoms with Crippen LogP contribution in [0.2, 0.25) is 0 Å². The van der Waals surface area contributed by atoms with Gasteiger partial charge in [0.1, 0.15) is 17.1 Å².